The fourth-order valence-electron chi connectivity index (χ4n) is 0.639. The van der Waals surface area contributed by atoms with Crippen molar-refractivity contribution in [1.82, 2.24) is 4.98 Å². The Hall–Kier alpha value is -1.45. The van der Waals surface area contributed by atoms with Gasteiger partial charge < -0.3 is 4.42 Å². The van der Waals surface area contributed by atoms with Crippen molar-refractivity contribution in [2.45, 2.75) is 13.8 Å². The molecule has 0 radical (unpaired) electrons. The predicted octanol–water partition coefficient (Wildman–Crippen LogP) is 1.82. The summed E-state index contributed by atoms with van der Waals surface area (Å²) < 4.78 is 4.88. The van der Waals surface area contributed by atoms with Crippen molar-refractivity contribution in [3.63, 3.8) is 0 Å². The number of hydrogen-bond acceptors (Lipinski definition) is 3. The van der Waals surface area contributed by atoms with Gasteiger partial charge in [-0.1, -0.05) is 0 Å². The van der Waals surface area contributed by atoms with E-state index >= 15 is 0 Å². The highest BCUT2D eigenvalue weighted by molar-refractivity contribution is 5.88. The van der Waals surface area contributed by atoms with Gasteiger partial charge in [0, 0.05) is 6.21 Å². The van der Waals surface area contributed by atoms with Crippen molar-refractivity contribution in [3.8, 4) is 0 Å². The third-order valence-corrected chi connectivity index (χ3v) is 1.01. The van der Waals surface area contributed by atoms with Crippen LogP contribution in [0.25, 0.3) is 0 Å². The molecule has 1 rings (SSSR count). The largest absolute Gasteiger partial charge is 0.426 e. The fraction of sp³-hybridized carbons (Fsp3) is 0.286. The lowest BCUT2D eigenvalue weighted by atomic mass is 10.6. The molecule has 0 unspecified atom stereocenters. The van der Waals surface area contributed by atoms with Crippen LogP contribution in [0.3, 0.4) is 0 Å². The first kappa shape index (κ1) is 7.65. The van der Waals surface area contributed by atoms with Gasteiger partial charge in [0.15, 0.2) is 6.39 Å². The van der Waals surface area contributed by atoms with Gasteiger partial charge in [-0.3, -0.25) is 0 Å². The number of hydrogen-bond donors (Lipinski definition) is 0. The molecule has 1 aromatic rings. The molecule has 0 saturated carbocycles. The van der Waals surface area contributed by atoms with E-state index in [1.807, 2.05) is 6.92 Å². The summed E-state index contributed by atoms with van der Waals surface area (Å²) in [5, 5.41) is 0. The van der Waals surface area contributed by atoms with Crippen molar-refractivity contribution >= 4 is 17.9 Å². The van der Waals surface area contributed by atoms with Gasteiger partial charge in [-0.2, -0.15) is 4.99 Å². The average molecular weight is 151 g/mol. The minimum atomic E-state index is 0.480. The van der Waals surface area contributed by atoms with E-state index in [1.165, 1.54) is 12.6 Å². The number of aliphatic imine (C=N–C) groups is 2. The van der Waals surface area contributed by atoms with Gasteiger partial charge >= 0.3 is 0 Å². The SMILES string of the molecule is C/C=N\C(C)=N/c1cnco1. The van der Waals surface area contributed by atoms with Crippen molar-refractivity contribution in [3.05, 3.63) is 12.6 Å². The van der Waals surface area contributed by atoms with Crippen LogP contribution in [0.1, 0.15) is 13.8 Å². The zero-order chi connectivity index (χ0) is 8.10. The van der Waals surface area contributed by atoms with Crippen LogP contribution in [0.5, 0.6) is 0 Å². The molecule has 1 aromatic heterocycles. The van der Waals surface area contributed by atoms with Crippen LogP contribution in [0.15, 0.2) is 27.0 Å². The van der Waals surface area contributed by atoms with E-state index in [0.29, 0.717) is 11.7 Å². The van der Waals surface area contributed by atoms with Gasteiger partial charge in [0.2, 0.25) is 5.88 Å². The van der Waals surface area contributed by atoms with E-state index in [1.54, 1.807) is 13.1 Å². The highest BCUT2D eigenvalue weighted by atomic mass is 16.3. The smallest absolute Gasteiger partial charge is 0.240 e. The molecule has 0 aliphatic heterocycles. The molecule has 0 saturated heterocycles. The highest BCUT2D eigenvalue weighted by Gasteiger charge is 1.91. The maximum absolute atomic E-state index is 4.88. The number of aromatic nitrogens is 1. The fourth-order valence-corrected chi connectivity index (χ4v) is 0.639. The Morgan fingerprint density at radius 1 is 1.73 bits per heavy atom. The van der Waals surface area contributed by atoms with Crippen LogP contribution in [-0.2, 0) is 0 Å². The molecule has 0 aliphatic rings. The molecular weight excluding hydrogens is 142 g/mol. The second kappa shape index (κ2) is 3.65. The van der Waals surface area contributed by atoms with Gasteiger partial charge in [-0.15, -0.1) is 0 Å². The number of amidine groups is 1. The van der Waals surface area contributed by atoms with Gasteiger partial charge in [0.25, 0.3) is 0 Å². The summed E-state index contributed by atoms with van der Waals surface area (Å²) in [4.78, 5) is 11.6. The van der Waals surface area contributed by atoms with Crippen molar-refractivity contribution < 1.29 is 4.42 Å². The topological polar surface area (TPSA) is 50.8 Å². The van der Waals surface area contributed by atoms with Crippen molar-refractivity contribution in [2.75, 3.05) is 0 Å². The zero-order valence-corrected chi connectivity index (χ0v) is 6.48. The Bertz CT molecular complexity index is 261. The van der Waals surface area contributed by atoms with E-state index < -0.39 is 0 Å². The number of oxazole rings is 1. The average Bonchev–Trinajstić information content (AvgIpc) is 2.40. The summed E-state index contributed by atoms with van der Waals surface area (Å²) in [6.07, 6.45) is 4.55. The molecule has 4 nitrogen and oxygen atoms in total. The van der Waals surface area contributed by atoms with E-state index in [-0.39, 0.29) is 0 Å². The van der Waals surface area contributed by atoms with E-state index in [2.05, 4.69) is 15.0 Å². The summed E-state index contributed by atoms with van der Waals surface area (Å²) in [5.74, 6) is 1.14. The molecule has 0 aromatic carbocycles. The first-order valence-electron chi connectivity index (χ1n) is 3.25. The first-order chi connectivity index (χ1) is 5.33. The summed E-state index contributed by atoms with van der Waals surface area (Å²) >= 11 is 0. The Labute approximate surface area is 64.7 Å². The molecule has 0 N–H and O–H groups in total. The Kier molecular flexibility index (Phi) is 2.54. The Morgan fingerprint density at radius 2 is 2.55 bits per heavy atom. The van der Waals surface area contributed by atoms with Crippen LogP contribution >= 0.6 is 0 Å². The third kappa shape index (κ3) is 2.33. The van der Waals surface area contributed by atoms with Gasteiger partial charge in [0.05, 0.1) is 6.20 Å². The molecule has 0 spiro atoms. The maximum atomic E-state index is 4.88. The van der Waals surface area contributed by atoms with Crippen LogP contribution in [0.4, 0.5) is 5.88 Å². The van der Waals surface area contributed by atoms with Crippen LogP contribution in [0, 0.1) is 0 Å². The zero-order valence-electron chi connectivity index (χ0n) is 6.48. The standard InChI is InChI=1S/C7H9N3O/c1-3-9-6(2)10-7-4-8-5-11-7/h3-5H,1-2H3/b9-3-,10-6-. The summed E-state index contributed by atoms with van der Waals surface area (Å²) in [7, 11) is 0. The molecule has 11 heavy (non-hydrogen) atoms. The van der Waals surface area contributed by atoms with Crippen molar-refractivity contribution in [1.29, 1.82) is 0 Å². The van der Waals surface area contributed by atoms with Crippen LogP contribution in [0.2, 0.25) is 0 Å². The van der Waals surface area contributed by atoms with Crippen LogP contribution in [-0.4, -0.2) is 17.0 Å². The lowest BCUT2D eigenvalue weighted by Crippen LogP contribution is -1.82. The Morgan fingerprint density at radius 3 is 3.09 bits per heavy atom. The van der Waals surface area contributed by atoms with E-state index in [9.17, 15) is 0 Å². The highest BCUT2D eigenvalue weighted by Crippen LogP contribution is 2.08. The minimum absolute atomic E-state index is 0.480. The second-order valence-electron chi connectivity index (χ2n) is 1.89. The summed E-state index contributed by atoms with van der Waals surface area (Å²) in [6, 6.07) is 0. The summed E-state index contributed by atoms with van der Waals surface area (Å²) in [5.41, 5.74) is 0. The van der Waals surface area contributed by atoms with Gasteiger partial charge in [0.1, 0.15) is 5.84 Å². The molecule has 0 atom stereocenters. The van der Waals surface area contributed by atoms with Gasteiger partial charge in [-0.25, -0.2) is 9.98 Å². The molecule has 4 heteroatoms. The van der Waals surface area contributed by atoms with E-state index in [4.69, 9.17) is 4.42 Å². The second-order valence-corrected chi connectivity index (χ2v) is 1.89. The molecule has 0 bridgehead atoms. The van der Waals surface area contributed by atoms with Gasteiger partial charge in [-0.05, 0) is 13.8 Å². The molecule has 0 aliphatic carbocycles. The maximum Gasteiger partial charge on any atom is 0.240 e. The first-order valence-corrected chi connectivity index (χ1v) is 3.25. The molecule has 0 fully saturated rings. The molecule has 1 heterocycles. The number of rotatable bonds is 1. The minimum Gasteiger partial charge on any atom is -0.426 e. The predicted molar refractivity (Wildman–Crippen MR) is 43.4 cm³/mol. The Balaban J connectivity index is 2.73. The quantitative estimate of drug-likeness (QED) is 0.454. The van der Waals surface area contributed by atoms with Crippen LogP contribution < -0.4 is 0 Å². The van der Waals surface area contributed by atoms with E-state index in [0.717, 1.165) is 0 Å². The molecule has 0 amide bonds. The lowest BCUT2D eigenvalue weighted by Gasteiger charge is -1.86. The lowest BCUT2D eigenvalue weighted by molar-refractivity contribution is 0.568. The normalized spacial score (nSPS) is 12.7. The third-order valence-electron chi connectivity index (χ3n) is 1.01. The molecule has 58 valence electrons. The summed E-state index contributed by atoms with van der Waals surface area (Å²) in [6.45, 7) is 3.63. The number of nitrogens with zero attached hydrogens (tertiary/aromatic N) is 3. The monoisotopic (exact) mass is 151 g/mol. The van der Waals surface area contributed by atoms with Crippen molar-refractivity contribution in [2.24, 2.45) is 9.98 Å². The molecular formula is C7H9N3O.